The zero-order chi connectivity index (χ0) is 22.3. The number of nitrogens with one attached hydrogen (secondary N) is 1. The van der Waals surface area contributed by atoms with E-state index in [9.17, 15) is 19.5 Å². The third-order valence-corrected chi connectivity index (χ3v) is 7.46. The Labute approximate surface area is 193 Å². The molecular formula is C21H24BrClN2O6. The third kappa shape index (κ3) is 3.55. The molecular weight excluding hydrogens is 492 g/mol. The number of halogens is 2. The summed E-state index contributed by atoms with van der Waals surface area (Å²) in [5, 5.41) is 12.5. The van der Waals surface area contributed by atoms with Crippen LogP contribution in [0.3, 0.4) is 0 Å². The molecule has 2 amide bonds. The summed E-state index contributed by atoms with van der Waals surface area (Å²) in [4.78, 5) is 40.9. The monoisotopic (exact) mass is 514 g/mol. The first-order chi connectivity index (χ1) is 14.9. The number of carbonyl (C=O) groups excluding carboxylic acids is 3. The van der Waals surface area contributed by atoms with E-state index in [2.05, 4.69) is 21.2 Å². The molecule has 168 valence electrons. The van der Waals surface area contributed by atoms with Crippen LogP contribution in [-0.4, -0.2) is 70.1 Å². The van der Waals surface area contributed by atoms with E-state index in [1.54, 1.807) is 31.2 Å². The Morgan fingerprint density at radius 3 is 2.84 bits per heavy atom. The minimum Gasteiger partial charge on any atom is -0.466 e. The highest BCUT2D eigenvalue weighted by Crippen LogP contribution is 2.60. The number of hydrogen-bond acceptors (Lipinski definition) is 6. The molecule has 10 heteroatoms. The zero-order valence-electron chi connectivity index (χ0n) is 16.9. The average Bonchev–Trinajstić information content (AvgIpc) is 3.32. The largest absolute Gasteiger partial charge is 0.466 e. The van der Waals surface area contributed by atoms with Crippen molar-refractivity contribution in [2.24, 2.45) is 11.8 Å². The number of carbonyl (C=O) groups is 3. The molecule has 3 aliphatic rings. The van der Waals surface area contributed by atoms with Crippen molar-refractivity contribution in [3.05, 3.63) is 29.3 Å². The number of para-hydroxylation sites is 1. The summed E-state index contributed by atoms with van der Waals surface area (Å²) in [5.74, 6) is -2.86. The Morgan fingerprint density at radius 2 is 2.16 bits per heavy atom. The molecule has 1 aromatic rings. The Morgan fingerprint density at radius 1 is 1.42 bits per heavy atom. The summed E-state index contributed by atoms with van der Waals surface area (Å²) in [6.07, 6.45) is 0.152. The Kier molecular flexibility index (Phi) is 6.31. The number of amides is 2. The number of alkyl halides is 1. The summed E-state index contributed by atoms with van der Waals surface area (Å²) < 4.78 is 11.5. The number of aliphatic hydroxyl groups excluding tert-OH is 1. The molecule has 3 saturated heterocycles. The smallest absolute Gasteiger partial charge is 0.312 e. The van der Waals surface area contributed by atoms with Crippen LogP contribution in [0, 0.1) is 11.8 Å². The maximum Gasteiger partial charge on any atom is 0.312 e. The first kappa shape index (κ1) is 22.5. The van der Waals surface area contributed by atoms with Gasteiger partial charge in [-0.1, -0.05) is 39.7 Å². The quantitative estimate of drug-likeness (QED) is 0.425. The normalized spacial score (nSPS) is 33.5. The predicted octanol–water partition coefficient (Wildman–Crippen LogP) is 1.97. The second kappa shape index (κ2) is 8.69. The Balaban J connectivity index is 1.72. The van der Waals surface area contributed by atoms with Gasteiger partial charge < -0.3 is 24.8 Å². The van der Waals surface area contributed by atoms with Crippen LogP contribution in [-0.2, 0) is 23.9 Å². The van der Waals surface area contributed by atoms with Gasteiger partial charge in [-0.05, 0) is 31.9 Å². The molecule has 3 aliphatic heterocycles. The molecule has 0 aliphatic carbocycles. The summed E-state index contributed by atoms with van der Waals surface area (Å²) in [5.41, 5.74) is -0.734. The van der Waals surface area contributed by atoms with Gasteiger partial charge in [-0.2, -0.15) is 0 Å². The highest BCUT2D eigenvalue weighted by molar-refractivity contribution is 9.09. The molecule has 0 saturated carbocycles. The van der Waals surface area contributed by atoms with Crippen molar-refractivity contribution in [1.82, 2.24) is 4.90 Å². The van der Waals surface area contributed by atoms with E-state index in [0.29, 0.717) is 23.6 Å². The average molecular weight is 516 g/mol. The van der Waals surface area contributed by atoms with E-state index >= 15 is 0 Å². The molecule has 2 N–H and O–H groups in total. The van der Waals surface area contributed by atoms with Crippen molar-refractivity contribution in [3.63, 3.8) is 0 Å². The van der Waals surface area contributed by atoms with E-state index in [0.717, 1.165) is 0 Å². The fourth-order valence-electron chi connectivity index (χ4n) is 5.18. The Hall–Kier alpha value is -1.68. The minimum atomic E-state index is -1.16. The standard InChI is InChI=1S/C21H24BrClN2O6/c1-2-30-20(29)14-15-19(28)25(8-5-9-26)17(21(15)10-11(22)16(14)31-21)18(27)24-13-7-4-3-6-12(13)23/h3-4,6-7,11,14-17,26H,2,5,8-10H2,1H3,(H,24,27)/t11?,14-,15+,16-,17-,21+/m1/s1. The molecule has 1 unspecified atom stereocenters. The van der Waals surface area contributed by atoms with Crippen molar-refractivity contribution >= 4 is 51.0 Å². The molecule has 0 radical (unpaired) electrons. The van der Waals surface area contributed by atoms with Crippen LogP contribution >= 0.6 is 27.5 Å². The third-order valence-electron chi connectivity index (χ3n) is 6.29. The second-order valence-electron chi connectivity index (χ2n) is 7.99. The summed E-state index contributed by atoms with van der Waals surface area (Å²) in [6.45, 7) is 1.93. The number of fused-ring (bicyclic) bond motifs is 1. The predicted molar refractivity (Wildman–Crippen MR) is 116 cm³/mol. The summed E-state index contributed by atoms with van der Waals surface area (Å²) in [6, 6.07) is 5.86. The van der Waals surface area contributed by atoms with Gasteiger partial charge >= 0.3 is 5.97 Å². The molecule has 3 fully saturated rings. The van der Waals surface area contributed by atoms with E-state index in [4.69, 9.17) is 21.1 Å². The highest BCUT2D eigenvalue weighted by Gasteiger charge is 2.76. The number of ether oxygens (including phenoxy) is 2. The van der Waals surface area contributed by atoms with Crippen molar-refractivity contribution in [2.75, 3.05) is 25.1 Å². The van der Waals surface area contributed by atoms with E-state index in [1.807, 2.05) is 0 Å². The molecule has 4 rings (SSSR count). The number of likely N-dealkylation sites (tertiary alicyclic amines) is 1. The molecule has 6 atom stereocenters. The number of rotatable bonds is 7. The fraction of sp³-hybridized carbons (Fsp3) is 0.571. The topological polar surface area (TPSA) is 105 Å². The maximum absolute atomic E-state index is 13.5. The van der Waals surface area contributed by atoms with Gasteiger partial charge in [0.15, 0.2) is 0 Å². The number of esters is 1. The van der Waals surface area contributed by atoms with Gasteiger partial charge in [0.25, 0.3) is 0 Å². The molecule has 1 aromatic carbocycles. The minimum absolute atomic E-state index is 0.133. The van der Waals surface area contributed by atoms with Crippen molar-refractivity contribution < 1.29 is 29.0 Å². The van der Waals surface area contributed by atoms with Crippen LogP contribution in [0.5, 0.6) is 0 Å². The van der Waals surface area contributed by atoms with Crippen LogP contribution in [0.1, 0.15) is 19.8 Å². The SMILES string of the molecule is CCOC(=O)[C@H]1[C@@H]2O[C@@]3(CC2Br)[C@@H]1C(=O)N(CCCO)[C@@H]3C(=O)Nc1ccccc1Cl. The maximum atomic E-state index is 13.5. The Bertz CT molecular complexity index is 900. The van der Waals surface area contributed by atoms with Crippen LogP contribution in [0.25, 0.3) is 0 Å². The first-order valence-corrected chi connectivity index (χ1v) is 11.6. The number of nitrogens with zero attached hydrogens (tertiary/aromatic N) is 1. The summed E-state index contributed by atoms with van der Waals surface area (Å²) in [7, 11) is 0. The van der Waals surface area contributed by atoms with Gasteiger partial charge in [0.2, 0.25) is 11.8 Å². The lowest BCUT2D eigenvalue weighted by molar-refractivity contribution is -0.154. The van der Waals surface area contributed by atoms with Crippen molar-refractivity contribution in [1.29, 1.82) is 0 Å². The van der Waals surface area contributed by atoms with Crippen molar-refractivity contribution in [2.45, 2.75) is 42.3 Å². The lowest BCUT2D eigenvalue weighted by atomic mass is 9.70. The lowest BCUT2D eigenvalue weighted by Gasteiger charge is -2.34. The molecule has 1 spiro atoms. The van der Waals surface area contributed by atoms with E-state index < -0.39 is 41.5 Å². The van der Waals surface area contributed by atoms with Crippen LogP contribution in [0.2, 0.25) is 5.02 Å². The second-order valence-corrected chi connectivity index (χ2v) is 9.58. The molecule has 3 heterocycles. The fourth-order valence-corrected chi connectivity index (χ4v) is 6.31. The van der Waals surface area contributed by atoms with Gasteiger partial charge in [-0.15, -0.1) is 0 Å². The number of hydrogen-bond donors (Lipinski definition) is 2. The molecule has 0 aromatic heterocycles. The van der Waals surface area contributed by atoms with Crippen LogP contribution in [0.4, 0.5) is 5.69 Å². The molecule has 2 bridgehead atoms. The van der Waals surface area contributed by atoms with Gasteiger partial charge in [-0.3, -0.25) is 14.4 Å². The number of anilines is 1. The van der Waals surface area contributed by atoms with E-state index in [-0.39, 0.29) is 30.5 Å². The number of benzene rings is 1. The van der Waals surface area contributed by atoms with Gasteiger partial charge in [0, 0.05) is 18.0 Å². The number of aliphatic hydroxyl groups is 1. The highest BCUT2D eigenvalue weighted by atomic mass is 79.9. The van der Waals surface area contributed by atoms with Crippen molar-refractivity contribution in [3.8, 4) is 0 Å². The lowest BCUT2D eigenvalue weighted by Crippen LogP contribution is -2.54. The molecule has 31 heavy (non-hydrogen) atoms. The molecule has 8 nitrogen and oxygen atoms in total. The van der Waals surface area contributed by atoms with Crippen LogP contribution < -0.4 is 5.32 Å². The van der Waals surface area contributed by atoms with Gasteiger partial charge in [-0.25, -0.2) is 0 Å². The van der Waals surface area contributed by atoms with Crippen LogP contribution in [0.15, 0.2) is 24.3 Å². The first-order valence-electron chi connectivity index (χ1n) is 10.3. The zero-order valence-corrected chi connectivity index (χ0v) is 19.3. The van der Waals surface area contributed by atoms with E-state index in [1.165, 1.54) is 4.90 Å². The van der Waals surface area contributed by atoms with Gasteiger partial charge in [0.1, 0.15) is 11.6 Å². The summed E-state index contributed by atoms with van der Waals surface area (Å²) >= 11 is 9.78. The van der Waals surface area contributed by atoms with Gasteiger partial charge in [0.05, 0.1) is 35.3 Å².